The summed E-state index contributed by atoms with van der Waals surface area (Å²) >= 11 is 0. The second-order valence-corrected chi connectivity index (χ2v) is 5.89. The van der Waals surface area contributed by atoms with E-state index in [9.17, 15) is 4.39 Å². The van der Waals surface area contributed by atoms with E-state index in [-0.39, 0.29) is 5.82 Å². The lowest BCUT2D eigenvalue weighted by molar-refractivity contribution is 0.139. The maximum atomic E-state index is 13.2. The van der Waals surface area contributed by atoms with Crippen LogP contribution in [0.5, 0.6) is 0 Å². The monoisotopic (exact) mass is 248 g/mol. The third kappa shape index (κ3) is 2.01. The molecule has 18 heavy (non-hydrogen) atoms. The Kier molecular flexibility index (Phi) is 3.02. The molecule has 1 saturated heterocycles. The molecular weight excluding hydrogens is 227 g/mol. The van der Waals surface area contributed by atoms with Crippen LogP contribution in [0.15, 0.2) is 18.2 Å². The highest BCUT2D eigenvalue weighted by atomic mass is 19.1. The van der Waals surface area contributed by atoms with Crippen molar-refractivity contribution < 1.29 is 4.39 Å². The Balaban J connectivity index is 1.74. The molecule has 0 aromatic heterocycles. The summed E-state index contributed by atoms with van der Waals surface area (Å²) in [5.41, 5.74) is 8.33. The minimum atomic E-state index is -0.188. The maximum absolute atomic E-state index is 13.2. The molecule has 1 heterocycles. The smallest absolute Gasteiger partial charge is 0.123 e. The molecule has 1 aromatic carbocycles. The number of nitrogens with zero attached hydrogens (tertiary/aromatic N) is 1. The van der Waals surface area contributed by atoms with Gasteiger partial charge in [-0.05, 0) is 36.6 Å². The third-order valence-corrected chi connectivity index (χ3v) is 4.57. The largest absolute Gasteiger partial charge is 0.370 e. The van der Waals surface area contributed by atoms with Crippen molar-refractivity contribution in [2.45, 2.75) is 38.6 Å². The van der Waals surface area contributed by atoms with Crippen molar-refractivity contribution in [3.8, 4) is 0 Å². The fraction of sp³-hybridized carbons (Fsp3) is 0.600. The van der Waals surface area contributed by atoms with E-state index >= 15 is 0 Å². The summed E-state index contributed by atoms with van der Waals surface area (Å²) in [6.07, 6.45) is 6.87. The molecule has 3 rings (SSSR count). The molecule has 2 fully saturated rings. The Hall–Kier alpha value is -1.09. The molecule has 0 radical (unpaired) electrons. The van der Waals surface area contributed by atoms with Crippen LogP contribution in [0.25, 0.3) is 0 Å². The van der Waals surface area contributed by atoms with Gasteiger partial charge in [-0.25, -0.2) is 4.39 Å². The molecule has 1 aliphatic carbocycles. The summed E-state index contributed by atoms with van der Waals surface area (Å²) in [5.74, 6) is -0.188. The van der Waals surface area contributed by atoms with Crippen molar-refractivity contribution in [1.82, 2.24) is 0 Å². The van der Waals surface area contributed by atoms with E-state index < -0.39 is 0 Å². The molecular formula is C15H21FN2. The summed E-state index contributed by atoms with van der Waals surface area (Å²) in [6, 6.07) is 4.99. The van der Waals surface area contributed by atoms with Crippen LogP contribution >= 0.6 is 0 Å². The first-order chi connectivity index (χ1) is 8.72. The lowest BCUT2D eigenvalue weighted by atomic mass is 9.68. The van der Waals surface area contributed by atoms with Crippen molar-refractivity contribution in [1.29, 1.82) is 0 Å². The molecule has 1 saturated carbocycles. The number of nitrogens with two attached hydrogens (primary N) is 1. The molecule has 98 valence electrons. The van der Waals surface area contributed by atoms with E-state index in [2.05, 4.69) is 4.90 Å². The zero-order valence-corrected chi connectivity index (χ0v) is 10.8. The second kappa shape index (κ2) is 4.54. The Morgan fingerprint density at radius 3 is 2.56 bits per heavy atom. The predicted octanol–water partition coefficient (Wildman–Crippen LogP) is 3.05. The highest BCUT2D eigenvalue weighted by Crippen LogP contribution is 2.46. The van der Waals surface area contributed by atoms with Crippen molar-refractivity contribution >= 4 is 5.69 Å². The number of halogens is 1. The van der Waals surface area contributed by atoms with Gasteiger partial charge in [0.1, 0.15) is 5.82 Å². The van der Waals surface area contributed by atoms with E-state index in [1.165, 1.54) is 32.1 Å². The molecule has 1 spiro atoms. The Labute approximate surface area is 108 Å². The summed E-state index contributed by atoms with van der Waals surface area (Å²) in [5, 5.41) is 0. The van der Waals surface area contributed by atoms with Crippen molar-refractivity contribution in [3.63, 3.8) is 0 Å². The van der Waals surface area contributed by atoms with Gasteiger partial charge in [-0.2, -0.15) is 0 Å². The molecule has 1 aliphatic heterocycles. The topological polar surface area (TPSA) is 29.3 Å². The number of anilines is 1. The van der Waals surface area contributed by atoms with Crippen LogP contribution in [0.3, 0.4) is 0 Å². The lowest BCUT2D eigenvalue weighted by Gasteiger charge is -2.54. The van der Waals surface area contributed by atoms with E-state index in [0.717, 1.165) is 24.3 Å². The van der Waals surface area contributed by atoms with E-state index in [1.54, 1.807) is 12.1 Å². The fourth-order valence-electron chi connectivity index (χ4n) is 3.58. The van der Waals surface area contributed by atoms with Crippen LogP contribution in [0.4, 0.5) is 10.1 Å². The minimum absolute atomic E-state index is 0.188. The molecule has 2 N–H and O–H groups in total. The molecule has 0 unspecified atom stereocenters. The predicted molar refractivity (Wildman–Crippen MR) is 72.0 cm³/mol. The molecule has 3 heteroatoms. The van der Waals surface area contributed by atoms with Crippen LogP contribution in [0.1, 0.15) is 37.7 Å². The van der Waals surface area contributed by atoms with Crippen molar-refractivity contribution in [3.05, 3.63) is 29.6 Å². The van der Waals surface area contributed by atoms with Crippen molar-refractivity contribution in [2.75, 3.05) is 18.0 Å². The van der Waals surface area contributed by atoms with Gasteiger partial charge in [0.25, 0.3) is 0 Å². The van der Waals surface area contributed by atoms with Gasteiger partial charge in [0, 0.05) is 30.7 Å². The summed E-state index contributed by atoms with van der Waals surface area (Å²) in [7, 11) is 0. The number of benzene rings is 1. The molecule has 0 atom stereocenters. The van der Waals surface area contributed by atoms with Gasteiger partial charge in [-0.1, -0.05) is 19.3 Å². The number of rotatable bonds is 2. The highest BCUT2D eigenvalue weighted by molar-refractivity contribution is 5.56. The van der Waals surface area contributed by atoms with Crippen LogP contribution in [-0.2, 0) is 6.54 Å². The van der Waals surface area contributed by atoms with Crippen LogP contribution in [0.2, 0.25) is 0 Å². The van der Waals surface area contributed by atoms with E-state index in [1.807, 2.05) is 6.07 Å². The van der Waals surface area contributed by atoms with Crippen LogP contribution in [0, 0.1) is 11.2 Å². The first-order valence-corrected chi connectivity index (χ1v) is 6.96. The molecule has 2 nitrogen and oxygen atoms in total. The number of hydrogen-bond donors (Lipinski definition) is 1. The van der Waals surface area contributed by atoms with Gasteiger partial charge in [0.2, 0.25) is 0 Å². The molecule has 0 amide bonds. The standard InChI is InChI=1S/C15H21FN2/c16-13-4-5-14(12(8-13)9-17)18-10-15(11-18)6-2-1-3-7-15/h4-5,8H,1-3,6-7,9-11,17H2. The average molecular weight is 248 g/mol. The zero-order chi connectivity index (χ0) is 12.6. The SMILES string of the molecule is NCc1cc(F)ccc1N1CC2(CCCCC2)C1. The van der Waals surface area contributed by atoms with Crippen LogP contribution in [-0.4, -0.2) is 13.1 Å². The Morgan fingerprint density at radius 1 is 1.17 bits per heavy atom. The summed E-state index contributed by atoms with van der Waals surface area (Å²) in [4.78, 5) is 2.37. The van der Waals surface area contributed by atoms with Gasteiger partial charge in [-0.15, -0.1) is 0 Å². The van der Waals surface area contributed by atoms with Gasteiger partial charge in [0.05, 0.1) is 0 Å². The highest BCUT2D eigenvalue weighted by Gasteiger charge is 2.43. The quantitative estimate of drug-likeness (QED) is 0.871. The average Bonchev–Trinajstić information content (AvgIpc) is 2.37. The van der Waals surface area contributed by atoms with Gasteiger partial charge < -0.3 is 10.6 Å². The minimum Gasteiger partial charge on any atom is -0.370 e. The Bertz CT molecular complexity index is 430. The first kappa shape index (κ1) is 12.0. The summed E-state index contributed by atoms with van der Waals surface area (Å²) in [6.45, 7) is 2.67. The lowest BCUT2D eigenvalue weighted by Crippen LogP contribution is -2.57. The van der Waals surface area contributed by atoms with Crippen LogP contribution < -0.4 is 10.6 Å². The van der Waals surface area contributed by atoms with E-state index in [4.69, 9.17) is 5.73 Å². The zero-order valence-electron chi connectivity index (χ0n) is 10.8. The second-order valence-electron chi connectivity index (χ2n) is 5.89. The van der Waals surface area contributed by atoms with Gasteiger partial charge in [-0.3, -0.25) is 0 Å². The maximum Gasteiger partial charge on any atom is 0.123 e. The first-order valence-electron chi connectivity index (χ1n) is 6.96. The van der Waals surface area contributed by atoms with Gasteiger partial charge >= 0.3 is 0 Å². The molecule has 0 bridgehead atoms. The Morgan fingerprint density at radius 2 is 1.89 bits per heavy atom. The number of hydrogen-bond acceptors (Lipinski definition) is 2. The fourth-order valence-corrected chi connectivity index (χ4v) is 3.58. The van der Waals surface area contributed by atoms with Crippen molar-refractivity contribution in [2.24, 2.45) is 11.1 Å². The third-order valence-electron chi connectivity index (χ3n) is 4.57. The summed E-state index contributed by atoms with van der Waals surface area (Å²) < 4.78 is 13.2. The normalized spacial score (nSPS) is 22.0. The molecule has 2 aliphatic rings. The van der Waals surface area contributed by atoms with Gasteiger partial charge in [0.15, 0.2) is 0 Å². The van der Waals surface area contributed by atoms with E-state index in [0.29, 0.717) is 12.0 Å². The molecule has 1 aromatic rings.